The van der Waals surface area contributed by atoms with Crippen molar-refractivity contribution in [3.8, 4) is 11.5 Å². The zero-order valence-corrected chi connectivity index (χ0v) is 9.19. The van der Waals surface area contributed by atoms with Gasteiger partial charge in [-0.25, -0.2) is 4.39 Å². The van der Waals surface area contributed by atoms with Gasteiger partial charge < -0.3 is 15.8 Å². The zero-order valence-electron chi connectivity index (χ0n) is 9.19. The lowest BCUT2D eigenvalue weighted by molar-refractivity contribution is 0.442. The third-order valence-electron chi connectivity index (χ3n) is 2.21. The van der Waals surface area contributed by atoms with Gasteiger partial charge in [-0.3, -0.25) is 0 Å². The Labute approximate surface area is 99.0 Å². The first-order valence-electron chi connectivity index (χ1n) is 5.26. The van der Waals surface area contributed by atoms with Crippen LogP contribution in [-0.4, -0.2) is 6.67 Å². The third-order valence-corrected chi connectivity index (χ3v) is 2.21. The Morgan fingerprint density at radius 1 is 1.12 bits per heavy atom. The molecule has 88 valence electrons. The second kappa shape index (κ2) is 5.32. The summed E-state index contributed by atoms with van der Waals surface area (Å²) in [6.45, 7) is 0.262. The summed E-state index contributed by atoms with van der Waals surface area (Å²) in [4.78, 5) is 0. The first kappa shape index (κ1) is 11.4. The van der Waals surface area contributed by atoms with Crippen LogP contribution in [0.5, 0.6) is 11.5 Å². The lowest BCUT2D eigenvalue weighted by Crippen LogP contribution is -2.10. The summed E-state index contributed by atoms with van der Waals surface area (Å²) in [6, 6.07) is 13.7. The second-order valence-electron chi connectivity index (χ2n) is 3.44. The number of hydrogen-bond acceptors (Lipinski definition) is 3. The number of nitrogens with two attached hydrogens (primary N) is 1. The van der Waals surface area contributed by atoms with E-state index in [4.69, 9.17) is 10.5 Å². The molecule has 0 amide bonds. The minimum absolute atomic E-state index is 0.193. The van der Waals surface area contributed by atoms with Gasteiger partial charge in [-0.1, -0.05) is 18.2 Å². The molecule has 0 radical (unpaired) electrons. The molecule has 2 aromatic rings. The Morgan fingerprint density at radius 2 is 1.88 bits per heavy atom. The summed E-state index contributed by atoms with van der Waals surface area (Å²) < 4.78 is 19.1. The molecule has 0 aliphatic carbocycles. The van der Waals surface area contributed by atoms with Crippen molar-refractivity contribution in [2.75, 3.05) is 12.0 Å². The van der Waals surface area contributed by atoms with Crippen LogP contribution in [0.1, 0.15) is 0 Å². The maximum atomic E-state index is 13.7. The van der Waals surface area contributed by atoms with Gasteiger partial charge in [0.15, 0.2) is 11.6 Å². The Bertz CT molecular complexity index is 488. The van der Waals surface area contributed by atoms with E-state index in [0.29, 0.717) is 11.4 Å². The molecule has 0 heterocycles. The molecule has 0 aromatic heterocycles. The summed E-state index contributed by atoms with van der Waals surface area (Å²) in [7, 11) is 0. The molecule has 0 fully saturated rings. The highest BCUT2D eigenvalue weighted by Gasteiger charge is 2.05. The average molecular weight is 232 g/mol. The first-order chi connectivity index (χ1) is 8.29. The Morgan fingerprint density at radius 3 is 2.53 bits per heavy atom. The fourth-order valence-corrected chi connectivity index (χ4v) is 1.43. The van der Waals surface area contributed by atoms with Crippen LogP contribution in [0.2, 0.25) is 0 Å². The van der Waals surface area contributed by atoms with E-state index in [-0.39, 0.29) is 12.4 Å². The maximum Gasteiger partial charge on any atom is 0.167 e. The SMILES string of the molecule is NCNc1ccc(Oc2ccccc2)c(F)c1. The smallest absolute Gasteiger partial charge is 0.167 e. The lowest BCUT2D eigenvalue weighted by atomic mass is 10.3. The van der Waals surface area contributed by atoms with E-state index in [1.54, 1.807) is 24.3 Å². The monoisotopic (exact) mass is 232 g/mol. The number of hydrogen-bond donors (Lipinski definition) is 2. The van der Waals surface area contributed by atoms with Gasteiger partial charge in [0.25, 0.3) is 0 Å². The highest BCUT2D eigenvalue weighted by molar-refractivity contribution is 5.47. The van der Waals surface area contributed by atoms with Crippen LogP contribution in [0.25, 0.3) is 0 Å². The van der Waals surface area contributed by atoms with Crippen LogP contribution in [0.15, 0.2) is 48.5 Å². The molecule has 0 saturated heterocycles. The molecule has 3 nitrogen and oxygen atoms in total. The molecule has 0 bridgehead atoms. The predicted molar refractivity (Wildman–Crippen MR) is 65.6 cm³/mol. The lowest BCUT2D eigenvalue weighted by Gasteiger charge is -2.08. The molecule has 17 heavy (non-hydrogen) atoms. The van der Waals surface area contributed by atoms with Crippen molar-refractivity contribution >= 4 is 5.69 Å². The van der Waals surface area contributed by atoms with Gasteiger partial charge in [-0.2, -0.15) is 0 Å². The summed E-state index contributed by atoms with van der Waals surface area (Å²) in [5.74, 6) is 0.372. The molecule has 2 rings (SSSR count). The molecule has 2 aromatic carbocycles. The molecular weight excluding hydrogens is 219 g/mol. The fraction of sp³-hybridized carbons (Fsp3) is 0.0769. The third kappa shape index (κ3) is 2.95. The van der Waals surface area contributed by atoms with Gasteiger partial charge in [-0.15, -0.1) is 0 Å². The number of ether oxygens (including phenoxy) is 1. The number of rotatable bonds is 4. The standard InChI is InChI=1S/C13H13FN2O/c14-12-8-10(16-9-15)6-7-13(12)17-11-4-2-1-3-5-11/h1-8,16H,9,15H2. The van der Waals surface area contributed by atoms with Gasteiger partial charge in [0.2, 0.25) is 0 Å². The number of benzene rings is 2. The Hall–Kier alpha value is -2.07. The number of para-hydroxylation sites is 1. The van der Waals surface area contributed by atoms with Gasteiger partial charge in [0.1, 0.15) is 5.75 Å². The van der Waals surface area contributed by atoms with Crippen molar-refractivity contribution in [2.24, 2.45) is 5.73 Å². The molecule has 4 heteroatoms. The second-order valence-corrected chi connectivity index (χ2v) is 3.44. The summed E-state index contributed by atoms with van der Waals surface area (Å²) in [5.41, 5.74) is 5.94. The average Bonchev–Trinajstić information content (AvgIpc) is 2.34. The Balaban J connectivity index is 2.17. The fourth-order valence-electron chi connectivity index (χ4n) is 1.43. The number of anilines is 1. The molecule has 0 spiro atoms. The van der Waals surface area contributed by atoms with Crippen molar-refractivity contribution in [3.63, 3.8) is 0 Å². The highest BCUT2D eigenvalue weighted by Crippen LogP contribution is 2.26. The minimum Gasteiger partial charge on any atom is -0.454 e. The van der Waals surface area contributed by atoms with Crippen molar-refractivity contribution in [1.82, 2.24) is 0 Å². The molecule has 0 saturated carbocycles. The van der Waals surface area contributed by atoms with E-state index in [0.717, 1.165) is 0 Å². The topological polar surface area (TPSA) is 47.3 Å². The summed E-state index contributed by atoms with van der Waals surface area (Å²) in [5, 5.41) is 2.82. The molecule has 0 aliphatic heterocycles. The van der Waals surface area contributed by atoms with Crippen molar-refractivity contribution in [3.05, 3.63) is 54.3 Å². The summed E-state index contributed by atoms with van der Waals surface area (Å²) in [6.07, 6.45) is 0. The van der Waals surface area contributed by atoms with Crippen LogP contribution in [-0.2, 0) is 0 Å². The van der Waals surface area contributed by atoms with Crippen LogP contribution >= 0.6 is 0 Å². The van der Waals surface area contributed by atoms with Crippen LogP contribution < -0.4 is 15.8 Å². The van der Waals surface area contributed by atoms with E-state index in [1.165, 1.54) is 6.07 Å². The van der Waals surface area contributed by atoms with Gasteiger partial charge in [0, 0.05) is 11.8 Å². The van der Waals surface area contributed by atoms with E-state index in [2.05, 4.69) is 5.32 Å². The largest absolute Gasteiger partial charge is 0.454 e. The van der Waals surface area contributed by atoms with Crippen LogP contribution in [0.3, 0.4) is 0 Å². The number of nitrogens with one attached hydrogen (secondary N) is 1. The van der Waals surface area contributed by atoms with E-state index < -0.39 is 5.82 Å². The zero-order chi connectivity index (χ0) is 12.1. The van der Waals surface area contributed by atoms with Gasteiger partial charge >= 0.3 is 0 Å². The van der Waals surface area contributed by atoms with E-state index in [1.807, 2.05) is 18.2 Å². The van der Waals surface area contributed by atoms with E-state index in [9.17, 15) is 4.39 Å². The van der Waals surface area contributed by atoms with Gasteiger partial charge in [-0.05, 0) is 24.3 Å². The maximum absolute atomic E-state index is 13.7. The Kier molecular flexibility index (Phi) is 3.57. The van der Waals surface area contributed by atoms with Crippen LogP contribution in [0.4, 0.5) is 10.1 Å². The first-order valence-corrected chi connectivity index (χ1v) is 5.26. The number of halogens is 1. The quantitative estimate of drug-likeness (QED) is 0.797. The molecule has 0 unspecified atom stereocenters. The predicted octanol–water partition coefficient (Wildman–Crippen LogP) is 2.95. The van der Waals surface area contributed by atoms with Crippen molar-refractivity contribution in [2.45, 2.75) is 0 Å². The van der Waals surface area contributed by atoms with Gasteiger partial charge in [0.05, 0.1) is 6.67 Å². The molecule has 0 aliphatic rings. The molecular formula is C13H13FN2O. The molecule has 3 N–H and O–H groups in total. The molecule has 0 atom stereocenters. The van der Waals surface area contributed by atoms with Crippen molar-refractivity contribution < 1.29 is 9.13 Å². The van der Waals surface area contributed by atoms with Crippen LogP contribution in [0, 0.1) is 5.82 Å². The van der Waals surface area contributed by atoms with E-state index >= 15 is 0 Å². The normalized spacial score (nSPS) is 10.0. The summed E-state index contributed by atoms with van der Waals surface area (Å²) >= 11 is 0. The minimum atomic E-state index is -0.424. The van der Waals surface area contributed by atoms with Crippen molar-refractivity contribution in [1.29, 1.82) is 0 Å². The highest BCUT2D eigenvalue weighted by atomic mass is 19.1.